The van der Waals surface area contributed by atoms with E-state index in [1.165, 1.54) is 0 Å². The Labute approximate surface area is 118 Å². The van der Waals surface area contributed by atoms with E-state index in [2.05, 4.69) is 20.6 Å². The first kappa shape index (κ1) is 13.5. The SMILES string of the molecule is Cc1cnc(CNC(=O)[C@@H]2CC[C@H]3NCC[C@H]3O2)cn1. The average molecular weight is 276 g/mol. The van der Waals surface area contributed by atoms with E-state index in [4.69, 9.17) is 4.74 Å². The zero-order valence-electron chi connectivity index (χ0n) is 11.6. The predicted octanol–water partition coefficient (Wildman–Crippen LogP) is 0.311. The number of hydrogen-bond donors (Lipinski definition) is 2. The van der Waals surface area contributed by atoms with Crippen molar-refractivity contribution in [3.8, 4) is 0 Å². The smallest absolute Gasteiger partial charge is 0.249 e. The summed E-state index contributed by atoms with van der Waals surface area (Å²) in [6.45, 7) is 3.28. The number of carbonyl (C=O) groups excluding carboxylic acids is 1. The molecule has 2 fully saturated rings. The van der Waals surface area contributed by atoms with E-state index in [-0.39, 0.29) is 18.1 Å². The summed E-state index contributed by atoms with van der Waals surface area (Å²) in [5.74, 6) is -0.0438. The number of amides is 1. The van der Waals surface area contributed by atoms with Crippen molar-refractivity contribution in [2.45, 2.75) is 51.0 Å². The van der Waals surface area contributed by atoms with E-state index in [1.807, 2.05) is 6.92 Å². The molecule has 2 aliphatic rings. The molecule has 0 spiro atoms. The lowest BCUT2D eigenvalue weighted by Crippen LogP contribution is -2.46. The highest BCUT2D eigenvalue weighted by Crippen LogP contribution is 2.25. The first-order chi connectivity index (χ1) is 9.72. The van der Waals surface area contributed by atoms with Crippen LogP contribution in [0.2, 0.25) is 0 Å². The van der Waals surface area contributed by atoms with Gasteiger partial charge in [0.05, 0.1) is 30.2 Å². The second-order valence-electron chi connectivity index (χ2n) is 5.46. The Balaban J connectivity index is 1.50. The summed E-state index contributed by atoms with van der Waals surface area (Å²) in [7, 11) is 0. The number of rotatable bonds is 3. The van der Waals surface area contributed by atoms with E-state index in [0.29, 0.717) is 12.6 Å². The number of nitrogens with one attached hydrogen (secondary N) is 2. The molecule has 6 nitrogen and oxygen atoms in total. The van der Waals surface area contributed by atoms with E-state index in [9.17, 15) is 4.79 Å². The van der Waals surface area contributed by atoms with Crippen LogP contribution in [0.4, 0.5) is 0 Å². The second-order valence-corrected chi connectivity index (χ2v) is 5.46. The molecule has 20 heavy (non-hydrogen) atoms. The molecule has 0 aromatic carbocycles. The van der Waals surface area contributed by atoms with Crippen molar-refractivity contribution in [1.29, 1.82) is 0 Å². The number of hydrogen-bond acceptors (Lipinski definition) is 5. The largest absolute Gasteiger partial charge is 0.363 e. The van der Waals surface area contributed by atoms with Gasteiger partial charge < -0.3 is 15.4 Å². The third-order valence-electron chi connectivity index (χ3n) is 3.93. The fourth-order valence-electron chi connectivity index (χ4n) is 2.80. The third-order valence-corrected chi connectivity index (χ3v) is 3.93. The van der Waals surface area contributed by atoms with Crippen molar-refractivity contribution in [1.82, 2.24) is 20.6 Å². The molecule has 0 radical (unpaired) electrons. The minimum atomic E-state index is -0.324. The summed E-state index contributed by atoms with van der Waals surface area (Å²) in [6, 6.07) is 0.432. The van der Waals surface area contributed by atoms with Gasteiger partial charge >= 0.3 is 0 Å². The number of fused-ring (bicyclic) bond motifs is 1. The van der Waals surface area contributed by atoms with Gasteiger partial charge in [-0.25, -0.2) is 0 Å². The molecule has 0 bridgehead atoms. The summed E-state index contributed by atoms with van der Waals surface area (Å²) in [4.78, 5) is 20.5. The van der Waals surface area contributed by atoms with Crippen molar-refractivity contribution < 1.29 is 9.53 Å². The molecule has 0 aliphatic carbocycles. The van der Waals surface area contributed by atoms with Gasteiger partial charge in [0.15, 0.2) is 0 Å². The van der Waals surface area contributed by atoms with Crippen LogP contribution in [-0.4, -0.2) is 40.7 Å². The van der Waals surface area contributed by atoms with Gasteiger partial charge in [0, 0.05) is 12.2 Å². The van der Waals surface area contributed by atoms with Crippen molar-refractivity contribution in [2.75, 3.05) is 6.54 Å². The van der Waals surface area contributed by atoms with Gasteiger partial charge in [0.25, 0.3) is 0 Å². The minimum absolute atomic E-state index is 0.0438. The molecule has 2 aliphatic heterocycles. The van der Waals surface area contributed by atoms with E-state index in [1.54, 1.807) is 12.4 Å². The van der Waals surface area contributed by atoms with Crippen LogP contribution in [0, 0.1) is 6.92 Å². The van der Waals surface area contributed by atoms with Crippen LogP contribution in [0.5, 0.6) is 0 Å². The first-order valence-corrected chi connectivity index (χ1v) is 7.16. The normalized spacial score (nSPS) is 28.9. The monoisotopic (exact) mass is 276 g/mol. The maximum atomic E-state index is 12.1. The van der Waals surface area contributed by atoms with Crippen LogP contribution in [0.3, 0.4) is 0 Å². The lowest BCUT2D eigenvalue weighted by Gasteiger charge is -2.31. The lowest BCUT2D eigenvalue weighted by atomic mass is 9.99. The van der Waals surface area contributed by atoms with Gasteiger partial charge in [-0.2, -0.15) is 0 Å². The van der Waals surface area contributed by atoms with Crippen LogP contribution in [0.15, 0.2) is 12.4 Å². The number of nitrogens with zero attached hydrogens (tertiary/aromatic N) is 2. The standard InChI is InChI=1S/C14H20N4O2/c1-9-6-17-10(7-16-9)8-18-14(19)13-3-2-11-12(20-13)4-5-15-11/h6-7,11-13,15H,2-5,8H2,1H3,(H,18,19)/t11-,12-,13+/m1/s1. The van der Waals surface area contributed by atoms with Crippen molar-refractivity contribution in [3.05, 3.63) is 23.8 Å². The molecule has 3 rings (SSSR count). The van der Waals surface area contributed by atoms with Crippen LogP contribution in [-0.2, 0) is 16.1 Å². The molecule has 0 saturated carbocycles. The van der Waals surface area contributed by atoms with Crippen LogP contribution in [0.1, 0.15) is 30.7 Å². The molecule has 108 valence electrons. The fraction of sp³-hybridized carbons (Fsp3) is 0.643. The molecule has 3 heterocycles. The van der Waals surface area contributed by atoms with Gasteiger partial charge in [-0.15, -0.1) is 0 Å². The van der Waals surface area contributed by atoms with Crippen molar-refractivity contribution in [2.24, 2.45) is 0 Å². The molecule has 1 aromatic heterocycles. The lowest BCUT2D eigenvalue weighted by molar-refractivity contribution is -0.142. The molecule has 6 heteroatoms. The molecule has 3 atom stereocenters. The molecule has 0 unspecified atom stereocenters. The molecule has 2 N–H and O–H groups in total. The highest BCUT2D eigenvalue weighted by atomic mass is 16.5. The summed E-state index contributed by atoms with van der Waals surface area (Å²) in [6.07, 6.45) is 6.04. The first-order valence-electron chi connectivity index (χ1n) is 7.16. The van der Waals surface area contributed by atoms with Gasteiger partial charge in [0.1, 0.15) is 6.10 Å². The predicted molar refractivity (Wildman–Crippen MR) is 72.9 cm³/mol. The molecule has 2 saturated heterocycles. The van der Waals surface area contributed by atoms with E-state index in [0.717, 1.165) is 37.2 Å². The zero-order chi connectivity index (χ0) is 13.9. The Morgan fingerprint density at radius 3 is 3.10 bits per heavy atom. The van der Waals surface area contributed by atoms with Crippen molar-refractivity contribution >= 4 is 5.91 Å². The number of ether oxygens (including phenoxy) is 1. The zero-order valence-corrected chi connectivity index (χ0v) is 11.6. The Bertz CT molecular complexity index is 477. The van der Waals surface area contributed by atoms with Crippen LogP contribution < -0.4 is 10.6 Å². The summed E-state index contributed by atoms with van der Waals surface area (Å²) in [5.41, 5.74) is 1.63. The third kappa shape index (κ3) is 2.96. The van der Waals surface area contributed by atoms with Crippen LogP contribution >= 0.6 is 0 Å². The number of aromatic nitrogens is 2. The quantitative estimate of drug-likeness (QED) is 0.831. The van der Waals surface area contributed by atoms with Crippen LogP contribution in [0.25, 0.3) is 0 Å². The molecule has 1 amide bonds. The van der Waals surface area contributed by atoms with E-state index >= 15 is 0 Å². The van der Waals surface area contributed by atoms with Gasteiger partial charge in [-0.1, -0.05) is 0 Å². The van der Waals surface area contributed by atoms with E-state index < -0.39 is 0 Å². The Morgan fingerprint density at radius 1 is 1.40 bits per heavy atom. The Hall–Kier alpha value is -1.53. The summed E-state index contributed by atoms with van der Waals surface area (Å²) in [5, 5.41) is 6.29. The van der Waals surface area contributed by atoms with Gasteiger partial charge in [0.2, 0.25) is 5.91 Å². The number of carbonyl (C=O) groups is 1. The second kappa shape index (κ2) is 5.85. The molecular formula is C14H20N4O2. The molecular weight excluding hydrogens is 256 g/mol. The van der Waals surface area contributed by atoms with Gasteiger partial charge in [-0.05, 0) is 32.7 Å². The highest BCUT2D eigenvalue weighted by Gasteiger charge is 2.36. The Morgan fingerprint density at radius 2 is 2.30 bits per heavy atom. The fourth-order valence-corrected chi connectivity index (χ4v) is 2.80. The summed E-state index contributed by atoms with van der Waals surface area (Å²) < 4.78 is 5.87. The molecule has 1 aromatic rings. The maximum absolute atomic E-state index is 12.1. The topological polar surface area (TPSA) is 76.1 Å². The maximum Gasteiger partial charge on any atom is 0.249 e. The summed E-state index contributed by atoms with van der Waals surface area (Å²) >= 11 is 0. The van der Waals surface area contributed by atoms with Gasteiger partial charge in [-0.3, -0.25) is 14.8 Å². The number of aryl methyl sites for hydroxylation is 1. The highest BCUT2D eigenvalue weighted by molar-refractivity contribution is 5.80. The Kier molecular flexibility index (Phi) is 3.93. The average Bonchev–Trinajstić information content (AvgIpc) is 2.93. The van der Waals surface area contributed by atoms with Crippen molar-refractivity contribution in [3.63, 3.8) is 0 Å². The minimum Gasteiger partial charge on any atom is -0.363 e.